The SMILES string of the molecule is CNc1ncc(Br)cc1S(=O)(=O)NC(C)c1ncc[nH]1. The van der Waals surface area contributed by atoms with E-state index < -0.39 is 16.1 Å². The third-order valence-corrected chi connectivity index (χ3v) is 4.59. The van der Waals surface area contributed by atoms with Crippen LogP contribution in [-0.2, 0) is 10.0 Å². The molecule has 0 fully saturated rings. The summed E-state index contributed by atoms with van der Waals surface area (Å²) in [5.41, 5.74) is 0. The molecule has 7 nitrogen and oxygen atoms in total. The number of halogens is 1. The fourth-order valence-corrected chi connectivity index (χ4v) is 3.56. The van der Waals surface area contributed by atoms with Crippen molar-refractivity contribution in [1.29, 1.82) is 0 Å². The van der Waals surface area contributed by atoms with Gasteiger partial charge in [-0.3, -0.25) is 0 Å². The van der Waals surface area contributed by atoms with E-state index in [1.165, 1.54) is 12.3 Å². The number of imidazole rings is 1. The van der Waals surface area contributed by atoms with Crippen LogP contribution < -0.4 is 10.0 Å². The molecule has 108 valence electrons. The molecule has 1 atom stereocenters. The molecule has 0 bridgehead atoms. The van der Waals surface area contributed by atoms with E-state index in [1.807, 2.05) is 0 Å². The molecule has 0 saturated carbocycles. The predicted molar refractivity (Wildman–Crippen MR) is 78.8 cm³/mol. The van der Waals surface area contributed by atoms with Gasteiger partial charge in [-0.1, -0.05) is 0 Å². The third kappa shape index (κ3) is 3.17. The maximum Gasteiger partial charge on any atom is 0.244 e. The summed E-state index contributed by atoms with van der Waals surface area (Å²) in [6, 6.07) is 1.02. The average Bonchev–Trinajstić information content (AvgIpc) is 2.92. The van der Waals surface area contributed by atoms with Gasteiger partial charge in [0, 0.05) is 30.1 Å². The zero-order valence-corrected chi connectivity index (χ0v) is 13.3. The number of nitrogens with zero attached hydrogens (tertiary/aromatic N) is 2. The number of rotatable bonds is 5. The van der Waals surface area contributed by atoms with E-state index in [-0.39, 0.29) is 10.7 Å². The van der Waals surface area contributed by atoms with Crippen molar-refractivity contribution in [2.75, 3.05) is 12.4 Å². The highest BCUT2D eigenvalue weighted by molar-refractivity contribution is 9.10. The zero-order chi connectivity index (χ0) is 14.8. The highest BCUT2D eigenvalue weighted by Crippen LogP contribution is 2.23. The quantitative estimate of drug-likeness (QED) is 0.753. The maximum absolute atomic E-state index is 12.4. The van der Waals surface area contributed by atoms with Crippen LogP contribution in [0.2, 0.25) is 0 Å². The first-order chi connectivity index (χ1) is 9.44. The largest absolute Gasteiger partial charge is 0.372 e. The Morgan fingerprint density at radius 3 is 2.75 bits per heavy atom. The van der Waals surface area contributed by atoms with E-state index in [1.54, 1.807) is 26.4 Å². The second-order valence-corrected chi connectivity index (χ2v) is 6.67. The second-order valence-electron chi connectivity index (χ2n) is 4.07. The topological polar surface area (TPSA) is 99.8 Å². The van der Waals surface area contributed by atoms with E-state index in [0.717, 1.165) is 0 Å². The minimum Gasteiger partial charge on any atom is -0.372 e. The van der Waals surface area contributed by atoms with Gasteiger partial charge in [-0.25, -0.2) is 23.1 Å². The first-order valence-electron chi connectivity index (χ1n) is 5.79. The molecule has 0 saturated heterocycles. The molecule has 2 rings (SSSR count). The molecule has 0 aliphatic rings. The fraction of sp³-hybridized carbons (Fsp3) is 0.273. The van der Waals surface area contributed by atoms with Gasteiger partial charge in [0.2, 0.25) is 10.0 Å². The van der Waals surface area contributed by atoms with Gasteiger partial charge < -0.3 is 10.3 Å². The molecule has 2 aromatic rings. The van der Waals surface area contributed by atoms with Gasteiger partial charge in [-0.2, -0.15) is 0 Å². The summed E-state index contributed by atoms with van der Waals surface area (Å²) in [4.78, 5) is 11.0. The summed E-state index contributed by atoms with van der Waals surface area (Å²) < 4.78 is 28.0. The lowest BCUT2D eigenvalue weighted by atomic mass is 10.3. The van der Waals surface area contributed by atoms with Crippen molar-refractivity contribution in [3.63, 3.8) is 0 Å². The normalized spacial score (nSPS) is 13.2. The number of aromatic amines is 1. The van der Waals surface area contributed by atoms with Crippen LogP contribution in [0.25, 0.3) is 0 Å². The van der Waals surface area contributed by atoms with Gasteiger partial charge in [0.05, 0.1) is 6.04 Å². The standard InChI is InChI=1S/C11H14BrN5O2S/c1-7(10-14-3-4-15-10)17-20(18,19)9-5-8(12)6-16-11(9)13-2/h3-7,17H,1-2H3,(H,13,16)(H,14,15). The highest BCUT2D eigenvalue weighted by Gasteiger charge is 2.23. The fourth-order valence-electron chi connectivity index (χ4n) is 1.68. The number of sulfonamides is 1. The van der Waals surface area contributed by atoms with Crippen molar-refractivity contribution < 1.29 is 8.42 Å². The van der Waals surface area contributed by atoms with Gasteiger partial charge in [-0.15, -0.1) is 0 Å². The van der Waals surface area contributed by atoms with Gasteiger partial charge in [0.1, 0.15) is 16.5 Å². The molecule has 20 heavy (non-hydrogen) atoms. The van der Waals surface area contributed by atoms with Crippen LogP contribution in [0.15, 0.2) is 34.0 Å². The van der Waals surface area contributed by atoms with Crippen LogP contribution in [0.3, 0.4) is 0 Å². The van der Waals surface area contributed by atoms with Crippen molar-refractivity contribution in [1.82, 2.24) is 19.7 Å². The Balaban J connectivity index is 2.33. The van der Waals surface area contributed by atoms with Crippen LogP contribution in [0.5, 0.6) is 0 Å². The van der Waals surface area contributed by atoms with E-state index in [2.05, 4.69) is 40.9 Å². The Kier molecular flexibility index (Phi) is 4.41. The summed E-state index contributed by atoms with van der Waals surface area (Å²) >= 11 is 3.22. The maximum atomic E-state index is 12.4. The third-order valence-electron chi connectivity index (χ3n) is 2.61. The van der Waals surface area contributed by atoms with Gasteiger partial charge >= 0.3 is 0 Å². The Hall–Kier alpha value is -1.45. The average molecular weight is 360 g/mol. The highest BCUT2D eigenvalue weighted by atomic mass is 79.9. The molecule has 0 aliphatic heterocycles. The van der Waals surface area contributed by atoms with Crippen molar-refractivity contribution in [3.05, 3.63) is 35.0 Å². The lowest BCUT2D eigenvalue weighted by molar-refractivity contribution is 0.561. The Bertz CT molecular complexity index is 687. The summed E-state index contributed by atoms with van der Waals surface area (Å²) in [6.07, 6.45) is 4.74. The number of pyridine rings is 1. The van der Waals surface area contributed by atoms with Crippen molar-refractivity contribution in [2.24, 2.45) is 0 Å². The Morgan fingerprint density at radius 2 is 2.15 bits per heavy atom. The van der Waals surface area contributed by atoms with Crippen LogP contribution >= 0.6 is 15.9 Å². The van der Waals surface area contributed by atoms with Gasteiger partial charge in [0.15, 0.2) is 0 Å². The molecule has 0 spiro atoms. The molecule has 2 aromatic heterocycles. The van der Waals surface area contributed by atoms with E-state index in [9.17, 15) is 8.42 Å². The molecule has 0 aromatic carbocycles. The predicted octanol–water partition coefficient (Wildman–Crippen LogP) is 1.65. The first-order valence-corrected chi connectivity index (χ1v) is 8.06. The monoisotopic (exact) mass is 359 g/mol. The first kappa shape index (κ1) is 14.9. The Morgan fingerprint density at radius 1 is 1.40 bits per heavy atom. The molecule has 2 heterocycles. The minimum atomic E-state index is -3.72. The number of nitrogens with one attached hydrogen (secondary N) is 3. The van der Waals surface area contributed by atoms with Crippen molar-refractivity contribution in [2.45, 2.75) is 17.9 Å². The minimum absolute atomic E-state index is 0.0766. The van der Waals surface area contributed by atoms with Gasteiger partial charge in [-0.05, 0) is 28.9 Å². The zero-order valence-electron chi connectivity index (χ0n) is 10.9. The van der Waals surface area contributed by atoms with Crippen LogP contribution in [-0.4, -0.2) is 30.4 Å². The van der Waals surface area contributed by atoms with E-state index in [4.69, 9.17) is 0 Å². The Labute approximate surface area is 125 Å². The molecule has 0 amide bonds. The lowest BCUT2D eigenvalue weighted by Gasteiger charge is -2.14. The van der Waals surface area contributed by atoms with Crippen LogP contribution in [0.4, 0.5) is 5.82 Å². The summed E-state index contributed by atoms with van der Waals surface area (Å²) in [5.74, 6) is 0.829. The summed E-state index contributed by atoms with van der Waals surface area (Å²) in [6.45, 7) is 1.71. The number of H-pyrrole nitrogens is 1. The molecule has 9 heteroatoms. The molecule has 0 radical (unpaired) electrons. The van der Waals surface area contributed by atoms with Gasteiger partial charge in [0.25, 0.3) is 0 Å². The van der Waals surface area contributed by atoms with Crippen LogP contribution in [0, 0.1) is 0 Å². The van der Waals surface area contributed by atoms with E-state index in [0.29, 0.717) is 10.3 Å². The number of hydrogen-bond acceptors (Lipinski definition) is 5. The van der Waals surface area contributed by atoms with Crippen molar-refractivity contribution >= 4 is 31.8 Å². The number of anilines is 1. The molecular weight excluding hydrogens is 346 g/mol. The summed E-state index contributed by atoms with van der Waals surface area (Å²) in [7, 11) is -2.10. The molecular formula is C11H14BrN5O2S. The number of hydrogen-bond donors (Lipinski definition) is 3. The van der Waals surface area contributed by atoms with E-state index >= 15 is 0 Å². The molecule has 1 unspecified atom stereocenters. The second kappa shape index (κ2) is 5.90. The molecule has 3 N–H and O–H groups in total. The van der Waals surface area contributed by atoms with Crippen molar-refractivity contribution in [3.8, 4) is 0 Å². The molecule has 0 aliphatic carbocycles. The van der Waals surface area contributed by atoms with Crippen LogP contribution in [0.1, 0.15) is 18.8 Å². The smallest absolute Gasteiger partial charge is 0.244 e. The lowest BCUT2D eigenvalue weighted by Crippen LogP contribution is -2.28. The summed E-state index contributed by atoms with van der Waals surface area (Å²) in [5, 5.41) is 2.76. The number of aromatic nitrogens is 3.